The van der Waals surface area contributed by atoms with Crippen molar-refractivity contribution in [2.45, 2.75) is 71.7 Å². The Morgan fingerprint density at radius 1 is 1.33 bits per heavy atom. The van der Waals surface area contributed by atoms with Crippen molar-refractivity contribution < 1.29 is 9.84 Å². The van der Waals surface area contributed by atoms with Crippen molar-refractivity contribution in [3.05, 3.63) is 51.1 Å². The molecule has 33 heavy (non-hydrogen) atoms. The smallest absolute Gasteiger partial charge is 0.252 e. The topological polar surface area (TPSA) is 109 Å². The highest BCUT2D eigenvalue weighted by Crippen LogP contribution is 2.26. The van der Waals surface area contributed by atoms with E-state index in [0.717, 1.165) is 53.7 Å². The standard InChI is InChI=1S/C24H34N6O3/c1-4-22(23-26-27-28-30(23)15-19-7-5-10-33-19)29(8-6-9-31)14-18-13-20-17(3)11-16(2)12-21(20)25-24(18)32/h11-13,19,22,31H,4-10,14-15H2,1-3H3,(H,25,32). The van der Waals surface area contributed by atoms with Crippen LogP contribution in [0.25, 0.3) is 10.9 Å². The highest BCUT2D eigenvalue weighted by atomic mass is 16.5. The van der Waals surface area contributed by atoms with E-state index in [1.807, 2.05) is 23.7 Å². The van der Waals surface area contributed by atoms with Crippen LogP contribution in [0.3, 0.4) is 0 Å². The molecule has 1 aromatic carbocycles. The lowest BCUT2D eigenvalue weighted by Crippen LogP contribution is -2.34. The minimum Gasteiger partial charge on any atom is -0.396 e. The van der Waals surface area contributed by atoms with Gasteiger partial charge in [0.25, 0.3) is 5.56 Å². The predicted octanol–water partition coefficient (Wildman–Crippen LogP) is 2.65. The fourth-order valence-electron chi connectivity index (χ4n) is 4.84. The zero-order valence-corrected chi connectivity index (χ0v) is 19.8. The molecule has 1 aliphatic heterocycles. The molecule has 2 atom stereocenters. The van der Waals surface area contributed by atoms with Crippen LogP contribution < -0.4 is 5.56 Å². The number of aryl methyl sites for hydroxylation is 2. The van der Waals surface area contributed by atoms with Gasteiger partial charge in [-0.1, -0.05) is 13.0 Å². The number of nitrogens with zero attached hydrogens (tertiary/aromatic N) is 5. The Hall–Kier alpha value is -2.62. The number of aromatic nitrogens is 5. The monoisotopic (exact) mass is 454 g/mol. The van der Waals surface area contributed by atoms with Crippen LogP contribution >= 0.6 is 0 Å². The number of aromatic amines is 1. The van der Waals surface area contributed by atoms with Crippen LogP contribution in [0.15, 0.2) is 23.0 Å². The van der Waals surface area contributed by atoms with Crippen LogP contribution in [-0.2, 0) is 17.8 Å². The maximum absolute atomic E-state index is 13.0. The summed E-state index contributed by atoms with van der Waals surface area (Å²) in [6, 6.07) is 6.05. The second-order valence-corrected chi connectivity index (χ2v) is 8.99. The maximum atomic E-state index is 13.0. The molecule has 1 aliphatic rings. The molecule has 0 radical (unpaired) electrons. The molecular formula is C24H34N6O3. The third-order valence-electron chi connectivity index (χ3n) is 6.45. The number of hydrogen-bond acceptors (Lipinski definition) is 7. The summed E-state index contributed by atoms with van der Waals surface area (Å²) in [5, 5.41) is 23.1. The summed E-state index contributed by atoms with van der Waals surface area (Å²) in [5.41, 5.74) is 3.73. The molecule has 0 saturated carbocycles. The lowest BCUT2D eigenvalue weighted by molar-refractivity contribution is 0.0888. The van der Waals surface area contributed by atoms with Crippen molar-refractivity contribution in [1.29, 1.82) is 0 Å². The van der Waals surface area contributed by atoms with Gasteiger partial charge in [0.1, 0.15) is 0 Å². The van der Waals surface area contributed by atoms with Gasteiger partial charge in [-0.2, -0.15) is 0 Å². The quantitative estimate of drug-likeness (QED) is 0.485. The van der Waals surface area contributed by atoms with Crippen LogP contribution in [0.4, 0.5) is 0 Å². The van der Waals surface area contributed by atoms with E-state index >= 15 is 0 Å². The predicted molar refractivity (Wildman–Crippen MR) is 126 cm³/mol. The molecule has 1 saturated heterocycles. The van der Waals surface area contributed by atoms with E-state index in [9.17, 15) is 9.90 Å². The average Bonchev–Trinajstić information content (AvgIpc) is 3.46. The number of aliphatic hydroxyl groups excluding tert-OH is 1. The van der Waals surface area contributed by atoms with E-state index in [-0.39, 0.29) is 24.3 Å². The molecule has 3 aromatic rings. The van der Waals surface area contributed by atoms with E-state index in [0.29, 0.717) is 31.6 Å². The molecule has 178 valence electrons. The van der Waals surface area contributed by atoms with Gasteiger partial charge in [-0.05, 0) is 73.2 Å². The molecule has 9 nitrogen and oxygen atoms in total. The molecule has 0 bridgehead atoms. The molecule has 1 fully saturated rings. The molecule has 9 heteroatoms. The first-order chi connectivity index (χ1) is 16.0. The van der Waals surface area contributed by atoms with E-state index in [2.05, 4.69) is 45.3 Å². The van der Waals surface area contributed by atoms with Crippen molar-refractivity contribution in [2.24, 2.45) is 0 Å². The van der Waals surface area contributed by atoms with Crippen molar-refractivity contribution >= 4 is 10.9 Å². The van der Waals surface area contributed by atoms with Crippen LogP contribution in [0.1, 0.15) is 61.2 Å². The number of ether oxygens (including phenoxy) is 1. The van der Waals surface area contributed by atoms with Crippen molar-refractivity contribution in [2.75, 3.05) is 19.8 Å². The fourth-order valence-corrected chi connectivity index (χ4v) is 4.84. The van der Waals surface area contributed by atoms with Gasteiger partial charge in [0.15, 0.2) is 5.82 Å². The number of tetrazole rings is 1. The number of benzene rings is 1. The number of rotatable bonds is 10. The summed E-state index contributed by atoms with van der Waals surface area (Å²) >= 11 is 0. The number of pyridine rings is 1. The Bertz CT molecular complexity index is 1130. The fraction of sp³-hybridized carbons (Fsp3) is 0.583. The van der Waals surface area contributed by atoms with Crippen molar-refractivity contribution in [3.63, 3.8) is 0 Å². The normalized spacial score (nSPS) is 17.3. The van der Waals surface area contributed by atoms with Gasteiger partial charge in [0.2, 0.25) is 0 Å². The second-order valence-electron chi connectivity index (χ2n) is 8.99. The molecule has 0 spiro atoms. The van der Waals surface area contributed by atoms with Gasteiger partial charge >= 0.3 is 0 Å². The van der Waals surface area contributed by atoms with Crippen LogP contribution in [0.5, 0.6) is 0 Å². The summed E-state index contributed by atoms with van der Waals surface area (Å²) in [6.45, 7) is 8.76. The summed E-state index contributed by atoms with van der Waals surface area (Å²) in [7, 11) is 0. The Morgan fingerprint density at radius 2 is 2.18 bits per heavy atom. The van der Waals surface area contributed by atoms with Crippen LogP contribution in [0.2, 0.25) is 0 Å². The minimum absolute atomic E-state index is 0.0813. The number of hydrogen-bond donors (Lipinski definition) is 2. The highest BCUT2D eigenvalue weighted by molar-refractivity contribution is 5.83. The van der Waals surface area contributed by atoms with Gasteiger partial charge in [0.05, 0.1) is 18.7 Å². The lowest BCUT2D eigenvalue weighted by Gasteiger charge is -2.30. The first kappa shape index (κ1) is 23.5. The maximum Gasteiger partial charge on any atom is 0.252 e. The van der Waals surface area contributed by atoms with Crippen molar-refractivity contribution in [3.8, 4) is 0 Å². The van der Waals surface area contributed by atoms with E-state index in [1.54, 1.807) is 0 Å². The van der Waals surface area contributed by atoms with Crippen LogP contribution in [0, 0.1) is 13.8 Å². The van der Waals surface area contributed by atoms with Gasteiger partial charge in [0, 0.05) is 42.8 Å². The number of nitrogens with one attached hydrogen (secondary N) is 1. The molecule has 3 heterocycles. The van der Waals surface area contributed by atoms with E-state index < -0.39 is 0 Å². The zero-order valence-electron chi connectivity index (χ0n) is 19.8. The number of aliphatic hydroxyl groups is 1. The second kappa shape index (κ2) is 10.5. The van der Waals surface area contributed by atoms with Gasteiger partial charge < -0.3 is 14.8 Å². The van der Waals surface area contributed by atoms with Gasteiger partial charge in [-0.3, -0.25) is 9.69 Å². The summed E-state index contributed by atoms with van der Waals surface area (Å²) in [5.74, 6) is 0.773. The Balaban J connectivity index is 1.65. The van der Waals surface area contributed by atoms with E-state index in [4.69, 9.17) is 4.74 Å². The lowest BCUT2D eigenvalue weighted by atomic mass is 10.0. The third-order valence-corrected chi connectivity index (χ3v) is 6.45. The Morgan fingerprint density at radius 3 is 2.91 bits per heavy atom. The Labute approximate surface area is 193 Å². The van der Waals surface area contributed by atoms with Crippen molar-refractivity contribution in [1.82, 2.24) is 30.1 Å². The first-order valence-corrected chi connectivity index (χ1v) is 11.9. The molecule has 4 rings (SSSR count). The minimum atomic E-state index is -0.0877. The van der Waals surface area contributed by atoms with E-state index in [1.165, 1.54) is 0 Å². The summed E-state index contributed by atoms with van der Waals surface area (Å²) in [6.07, 6.45) is 3.58. The molecule has 2 aromatic heterocycles. The highest BCUT2D eigenvalue weighted by Gasteiger charge is 2.27. The molecular weight excluding hydrogens is 420 g/mol. The van der Waals surface area contributed by atoms with Gasteiger partial charge in [-0.25, -0.2) is 4.68 Å². The number of fused-ring (bicyclic) bond motifs is 1. The summed E-state index contributed by atoms with van der Waals surface area (Å²) < 4.78 is 7.62. The molecule has 0 amide bonds. The third kappa shape index (κ3) is 5.31. The Kier molecular flexibility index (Phi) is 7.52. The molecule has 0 aliphatic carbocycles. The molecule has 2 N–H and O–H groups in total. The summed E-state index contributed by atoms with van der Waals surface area (Å²) in [4.78, 5) is 18.2. The first-order valence-electron chi connectivity index (χ1n) is 11.9. The van der Waals surface area contributed by atoms with Crippen LogP contribution in [-0.4, -0.2) is 61.1 Å². The average molecular weight is 455 g/mol. The van der Waals surface area contributed by atoms with Gasteiger partial charge in [-0.15, -0.1) is 5.10 Å². The largest absolute Gasteiger partial charge is 0.396 e. The number of H-pyrrole nitrogens is 1. The zero-order chi connectivity index (χ0) is 23.4. The SMILES string of the molecule is CCC(c1nnnn1CC1CCCO1)N(CCCO)Cc1cc2c(C)cc(C)cc2[nH]c1=O. The molecule has 2 unspecified atom stereocenters.